The van der Waals surface area contributed by atoms with Crippen LogP contribution in [0.5, 0.6) is 0 Å². The van der Waals surface area contributed by atoms with Crippen LogP contribution in [0.3, 0.4) is 0 Å². The Kier molecular flexibility index (Phi) is 6.33. The van der Waals surface area contributed by atoms with Crippen LogP contribution in [0.25, 0.3) is 0 Å². The van der Waals surface area contributed by atoms with Gasteiger partial charge in [-0.25, -0.2) is 0 Å². The summed E-state index contributed by atoms with van der Waals surface area (Å²) in [5, 5.41) is 6.26. The van der Waals surface area contributed by atoms with Gasteiger partial charge in [0.15, 0.2) is 0 Å². The molecule has 0 radical (unpaired) electrons. The van der Waals surface area contributed by atoms with E-state index in [1.54, 1.807) is 0 Å². The van der Waals surface area contributed by atoms with E-state index in [1.165, 1.54) is 5.56 Å². The van der Waals surface area contributed by atoms with Gasteiger partial charge in [0.25, 0.3) is 0 Å². The first kappa shape index (κ1) is 17.0. The normalized spacial score (nSPS) is 12.6. The smallest absolute Gasteiger partial charge is 0.0847 e. The molecule has 0 aliphatic heterocycles. The van der Waals surface area contributed by atoms with Crippen molar-refractivity contribution >= 4 is 43.5 Å². The number of alkyl halides is 1. The van der Waals surface area contributed by atoms with Crippen LogP contribution in [-0.2, 0) is 19.4 Å². The van der Waals surface area contributed by atoms with Gasteiger partial charge in [0.05, 0.1) is 16.4 Å². The largest absolute Gasteiger partial charge is 0.268 e. The molecule has 0 aliphatic carbocycles. The van der Waals surface area contributed by atoms with E-state index in [4.69, 9.17) is 11.6 Å². The van der Waals surface area contributed by atoms with Crippen molar-refractivity contribution in [1.82, 2.24) is 9.78 Å². The number of hydrogen-bond acceptors (Lipinski definition) is 1. The number of rotatable bonds is 6. The molecule has 1 atom stereocenters. The highest BCUT2D eigenvalue weighted by molar-refractivity contribution is 9.10. The zero-order chi connectivity index (χ0) is 15.4. The van der Waals surface area contributed by atoms with Crippen LogP contribution in [0.1, 0.15) is 23.9 Å². The van der Waals surface area contributed by atoms with Crippen LogP contribution in [0.2, 0.25) is 5.02 Å². The molecule has 1 unspecified atom stereocenters. The molecule has 2 aromatic rings. The summed E-state index contributed by atoms with van der Waals surface area (Å²) in [5.41, 5.74) is 3.41. The molecule has 0 aliphatic rings. The quantitative estimate of drug-likeness (QED) is 0.555. The SMILES string of the molecule is CCn1nc(C)c(Cl)c1CC(CBr)Cc1cccc(Br)c1. The average Bonchev–Trinajstić information content (AvgIpc) is 2.74. The van der Waals surface area contributed by atoms with E-state index in [0.29, 0.717) is 5.92 Å². The fourth-order valence-corrected chi connectivity index (χ4v) is 3.63. The Morgan fingerprint density at radius 2 is 2.10 bits per heavy atom. The summed E-state index contributed by atoms with van der Waals surface area (Å²) in [6.45, 7) is 4.92. The van der Waals surface area contributed by atoms with Crippen LogP contribution in [0.15, 0.2) is 28.7 Å². The molecule has 114 valence electrons. The van der Waals surface area contributed by atoms with E-state index in [0.717, 1.165) is 45.6 Å². The van der Waals surface area contributed by atoms with Crippen molar-refractivity contribution in [2.45, 2.75) is 33.2 Å². The van der Waals surface area contributed by atoms with Crippen LogP contribution >= 0.6 is 43.5 Å². The van der Waals surface area contributed by atoms with E-state index < -0.39 is 0 Å². The summed E-state index contributed by atoms with van der Waals surface area (Å²) in [7, 11) is 0. The zero-order valence-electron chi connectivity index (χ0n) is 12.2. The Morgan fingerprint density at radius 3 is 2.71 bits per heavy atom. The van der Waals surface area contributed by atoms with Crippen molar-refractivity contribution in [2.75, 3.05) is 5.33 Å². The molecule has 5 heteroatoms. The predicted molar refractivity (Wildman–Crippen MR) is 96.5 cm³/mol. The molecule has 1 aromatic carbocycles. The van der Waals surface area contributed by atoms with E-state index in [1.807, 2.05) is 11.6 Å². The number of aromatic nitrogens is 2. The van der Waals surface area contributed by atoms with Gasteiger partial charge in [-0.1, -0.05) is 55.6 Å². The van der Waals surface area contributed by atoms with Crippen LogP contribution in [0.4, 0.5) is 0 Å². The Hall–Kier alpha value is -0.320. The molecule has 2 nitrogen and oxygen atoms in total. The van der Waals surface area contributed by atoms with Crippen LogP contribution in [0, 0.1) is 12.8 Å². The first-order valence-electron chi connectivity index (χ1n) is 7.07. The maximum atomic E-state index is 6.42. The Labute approximate surface area is 148 Å². The molecule has 0 spiro atoms. The molecule has 0 fully saturated rings. The number of benzene rings is 1. The maximum absolute atomic E-state index is 6.42. The van der Waals surface area contributed by atoms with Gasteiger partial charge in [-0.05, 0) is 50.3 Å². The van der Waals surface area contributed by atoms with Crippen molar-refractivity contribution in [3.05, 3.63) is 50.7 Å². The van der Waals surface area contributed by atoms with Crippen molar-refractivity contribution in [3.8, 4) is 0 Å². The third kappa shape index (κ3) is 4.33. The van der Waals surface area contributed by atoms with Gasteiger partial charge in [0, 0.05) is 16.3 Å². The summed E-state index contributed by atoms with van der Waals surface area (Å²) in [6, 6.07) is 8.49. The van der Waals surface area contributed by atoms with E-state index in [-0.39, 0.29) is 0 Å². The second-order valence-corrected chi connectivity index (χ2v) is 7.16. The highest BCUT2D eigenvalue weighted by Gasteiger charge is 2.18. The summed E-state index contributed by atoms with van der Waals surface area (Å²) in [4.78, 5) is 0. The second kappa shape index (κ2) is 7.80. The minimum atomic E-state index is 0.498. The summed E-state index contributed by atoms with van der Waals surface area (Å²) in [6.07, 6.45) is 1.96. The van der Waals surface area contributed by atoms with E-state index >= 15 is 0 Å². The molecular formula is C16H19Br2ClN2. The van der Waals surface area contributed by atoms with Gasteiger partial charge >= 0.3 is 0 Å². The highest BCUT2D eigenvalue weighted by Crippen LogP contribution is 2.26. The van der Waals surface area contributed by atoms with Crippen LogP contribution < -0.4 is 0 Å². The molecule has 1 aromatic heterocycles. The molecule has 1 heterocycles. The molecule has 0 saturated heterocycles. The van der Waals surface area contributed by atoms with E-state index in [9.17, 15) is 0 Å². The fourth-order valence-electron chi connectivity index (χ4n) is 2.52. The molecule has 0 amide bonds. The highest BCUT2D eigenvalue weighted by atomic mass is 79.9. The minimum absolute atomic E-state index is 0.498. The third-order valence-electron chi connectivity index (χ3n) is 3.57. The molecule has 21 heavy (non-hydrogen) atoms. The molecule has 0 saturated carbocycles. The van der Waals surface area contributed by atoms with Crippen molar-refractivity contribution in [3.63, 3.8) is 0 Å². The number of nitrogens with zero attached hydrogens (tertiary/aromatic N) is 2. The monoisotopic (exact) mass is 432 g/mol. The lowest BCUT2D eigenvalue weighted by atomic mass is 9.96. The third-order valence-corrected chi connectivity index (χ3v) is 5.47. The topological polar surface area (TPSA) is 17.8 Å². The molecular weight excluding hydrogens is 415 g/mol. The Morgan fingerprint density at radius 1 is 1.33 bits per heavy atom. The average molecular weight is 435 g/mol. The first-order chi connectivity index (χ1) is 10.0. The summed E-state index contributed by atoms with van der Waals surface area (Å²) < 4.78 is 3.15. The van der Waals surface area contributed by atoms with Crippen molar-refractivity contribution < 1.29 is 0 Å². The van der Waals surface area contributed by atoms with Crippen molar-refractivity contribution in [1.29, 1.82) is 0 Å². The molecule has 0 bridgehead atoms. The van der Waals surface area contributed by atoms with Crippen LogP contribution in [-0.4, -0.2) is 15.1 Å². The number of halogens is 3. The van der Waals surface area contributed by atoms with Gasteiger partial charge < -0.3 is 0 Å². The summed E-state index contributed by atoms with van der Waals surface area (Å²) in [5.74, 6) is 0.498. The summed E-state index contributed by atoms with van der Waals surface area (Å²) >= 11 is 13.6. The van der Waals surface area contributed by atoms with Gasteiger partial charge in [0.2, 0.25) is 0 Å². The molecule has 2 rings (SSSR count). The zero-order valence-corrected chi connectivity index (χ0v) is 16.2. The standard InChI is InChI=1S/C16H19Br2ClN2/c1-3-21-15(16(19)11(2)20-21)9-13(10-17)7-12-5-4-6-14(18)8-12/h4-6,8,13H,3,7,9-10H2,1-2H3. The van der Waals surface area contributed by atoms with Crippen molar-refractivity contribution in [2.24, 2.45) is 5.92 Å². The lowest BCUT2D eigenvalue weighted by Gasteiger charge is -2.15. The second-order valence-electron chi connectivity index (χ2n) is 5.22. The number of hydrogen-bond donors (Lipinski definition) is 0. The molecule has 0 N–H and O–H groups in total. The minimum Gasteiger partial charge on any atom is -0.268 e. The Balaban J connectivity index is 2.16. The predicted octanol–water partition coefficient (Wildman–Crippen LogP) is 5.42. The maximum Gasteiger partial charge on any atom is 0.0847 e. The van der Waals surface area contributed by atoms with Gasteiger partial charge in [-0.15, -0.1) is 0 Å². The lowest BCUT2D eigenvalue weighted by Crippen LogP contribution is -2.14. The number of aryl methyl sites for hydroxylation is 2. The van der Waals surface area contributed by atoms with Gasteiger partial charge in [-0.2, -0.15) is 5.10 Å². The van der Waals surface area contributed by atoms with Gasteiger partial charge in [0.1, 0.15) is 0 Å². The Bertz CT molecular complexity index is 610. The van der Waals surface area contributed by atoms with E-state index in [2.05, 4.69) is 68.1 Å². The lowest BCUT2D eigenvalue weighted by molar-refractivity contribution is 0.536. The fraction of sp³-hybridized carbons (Fsp3) is 0.438. The van der Waals surface area contributed by atoms with Gasteiger partial charge in [-0.3, -0.25) is 4.68 Å². The first-order valence-corrected chi connectivity index (χ1v) is 9.36.